The first-order valence-corrected chi connectivity index (χ1v) is 13.6. The van der Waals surface area contributed by atoms with Gasteiger partial charge in [-0.3, -0.25) is 4.79 Å². The zero-order chi connectivity index (χ0) is 21.8. The summed E-state index contributed by atoms with van der Waals surface area (Å²) in [6.45, 7) is 1.16. The predicted molar refractivity (Wildman–Crippen MR) is 122 cm³/mol. The van der Waals surface area contributed by atoms with Crippen molar-refractivity contribution in [2.24, 2.45) is 0 Å². The van der Waals surface area contributed by atoms with Crippen molar-refractivity contribution in [1.82, 2.24) is 10.3 Å². The van der Waals surface area contributed by atoms with Crippen molar-refractivity contribution < 1.29 is 22.4 Å². The molecule has 4 rings (SSSR count). The van der Waals surface area contributed by atoms with Crippen LogP contribution in [0.25, 0.3) is 10.8 Å². The average Bonchev–Trinajstić information content (AvgIpc) is 3.52. The Balaban J connectivity index is 1.55. The van der Waals surface area contributed by atoms with Gasteiger partial charge in [0.1, 0.15) is 0 Å². The summed E-state index contributed by atoms with van der Waals surface area (Å²) in [5.41, 5.74) is 0. The SMILES string of the molecule is O=C(CSc1oc(-c2cccs2)nc1S(=O)(=O)c1ccc(Br)cc1)NCC1CCCO1. The summed E-state index contributed by atoms with van der Waals surface area (Å²) >= 11 is 5.72. The number of aromatic nitrogens is 1. The van der Waals surface area contributed by atoms with Crippen LogP contribution in [0, 0.1) is 0 Å². The van der Waals surface area contributed by atoms with Crippen LogP contribution < -0.4 is 5.32 Å². The number of carbonyl (C=O) groups is 1. The topological polar surface area (TPSA) is 98.5 Å². The zero-order valence-corrected chi connectivity index (χ0v) is 20.3. The summed E-state index contributed by atoms with van der Waals surface area (Å²) in [7, 11) is -3.92. The summed E-state index contributed by atoms with van der Waals surface area (Å²) in [6, 6.07) is 9.94. The highest BCUT2D eigenvalue weighted by Gasteiger charge is 2.29. The maximum absolute atomic E-state index is 13.2. The van der Waals surface area contributed by atoms with Crippen LogP contribution in [0.5, 0.6) is 0 Å². The van der Waals surface area contributed by atoms with E-state index < -0.39 is 9.84 Å². The van der Waals surface area contributed by atoms with E-state index in [0.717, 1.165) is 35.7 Å². The number of halogens is 1. The third kappa shape index (κ3) is 5.40. The molecule has 1 aliphatic rings. The molecule has 11 heteroatoms. The van der Waals surface area contributed by atoms with Crippen LogP contribution in [0.15, 0.2) is 65.7 Å². The van der Waals surface area contributed by atoms with Gasteiger partial charge < -0.3 is 14.5 Å². The molecule has 31 heavy (non-hydrogen) atoms. The molecule has 1 unspecified atom stereocenters. The second kappa shape index (κ2) is 9.86. The maximum atomic E-state index is 13.2. The van der Waals surface area contributed by atoms with Crippen molar-refractivity contribution in [2.45, 2.75) is 34.0 Å². The van der Waals surface area contributed by atoms with Crippen LogP contribution in [0.4, 0.5) is 0 Å². The number of nitrogens with one attached hydrogen (secondary N) is 1. The molecule has 0 spiro atoms. The molecule has 0 radical (unpaired) electrons. The molecule has 0 saturated carbocycles. The number of carbonyl (C=O) groups excluding carboxylic acids is 1. The molecular weight excluding hydrogens is 524 g/mol. The number of thiophene rings is 1. The number of thioether (sulfide) groups is 1. The zero-order valence-electron chi connectivity index (χ0n) is 16.2. The van der Waals surface area contributed by atoms with Gasteiger partial charge in [0, 0.05) is 17.6 Å². The molecule has 0 bridgehead atoms. The number of hydrogen-bond donors (Lipinski definition) is 1. The van der Waals surface area contributed by atoms with Crippen molar-refractivity contribution in [1.29, 1.82) is 0 Å². The molecule has 1 aromatic carbocycles. The van der Waals surface area contributed by atoms with Crippen molar-refractivity contribution >= 4 is 54.8 Å². The minimum Gasteiger partial charge on any atom is -0.428 e. The van der Waals surface area contributed by atoms with E-state index in [1.165, 1.54) is 23.5 Å². The first-order chi connectivity index (χ1) is 14.9. The van der Waals surface area contributed by atoms with Gasteiger partial charge in [0.25, 0.3) is 0 Å². The first-order valence-electron chi connectivity index (χ1n) is 9.50. The van der Waals surface area contributed by atoms with E-state index in [1.807, 2.05) is 11.4 Å². The molecule has 164 valence electrons. The van der Waals surface area contributed by atoms with Crippen LogP contribution in [0.1, 0.15) is 12.8 Å². The molecule has 3 heterocycles. The molecule has 1 saturated heterocycles. The van der Waals surface area contributed by atoms with E-state index in [2.05, 4.69) is 26.2 Å². The Morgan fingerprint density at radius 2 is 2.10 bits per heavy atom. The lowest BCUT2D eigenvalue weighted by Crippen LogP contribution is -2.32. The number of hydrogen-bond acceptors (Lipinski definition) is 8. The summed E-state index contributed by atoms with van der Waals surface area (Å²) in [5.74, 6) is 0.00350. The maximum Gasteiger partial charge on any atom is 0.238 e. The molecule has 1 amide bonds. The Morgan fingerprint density at radius 3 is 2.77 bits per heavy atom. The van der Waals surface area contributed by atoms with E-state index in [4.69, 9.17) is 9.15 Å². The lowest BCUT2D eigenvalue weighted by Gasteiger charge is -2.10. The Hall–Kier alpha value is -1.66. The molecule has 2 aromatic heterocycles. The smallest absolute Gasteiger partial charge is 0.238 e. The van der Waals surface area contributed by atoms with Gasteiger partial charge in [-0.2, -0.15) is 4.98 Å². The number of ether oxygens (including phenoxy) is 1. The van der Waals surface area contributed by atoms with Crippen LogP contribution in [-0.2, 0) is 19.4 Å². The molecule has 1 fully saturated rings. The van der Waals surface area contributed by atoms with Gasteiger partial charge in [0.2, 0.25) is 31.8 Å². The average molecular weight is 543 g/mol. The van der Waals surface area contributed by atoms with Crippen LogP contribution in [-0.4, -0.2) is 44.3 Å². The van der Waals surface area contributed by atoms with Gasteiger partial charge in [0.15, 0.2) is 0 Å². The summed E-state index contributed by atoms with van der Waals surface area (Å²) in [4.78, 5) is 17.4. The van der Waals surface area contributed by atoms with Gasteiger partial charge in [-0.25, -0.2) is 8.42 Å². The van der Waals surface area contributed by atoms with Gasteiger partial charge in [-0.05, 0) is 48.6 Å². The molecule has 3 aromatic rings. The Bertz CT molecular complexity index is 1140. The number of nitrogens with zero attached hydrogens (tertiary/aromatic N) is 1. The second-order valence-corrected chi connectivity index (χ2v) is 11.5. The highest BCUT2D eigenvalue weighted by atomic mass is 79.9. The highest BCUT2D eigenvalue weighted by Crippen LogP contribution is 2.36. The van der Waals surface area contributed by atoms with Crippen molar-refractivity contribution in [2.75, 3.05) is 18.9 Å². The van der Waals surface area contributed by atoms with Crippen LogP contribution in [0.3, 0.4) is 0 Å². The molecule has 0 aliphatic carbocycles. The molecule has 1 N–H and O–H groups in total. The number of sulfone groups is 1. The summed E-state index contributed by atoms with van der Waals surface area (Å²) in [5, 5.41) is 4.59. The van der Waals surface area contributed by atoms with E-state index in [0.29, 0.717) is 11.4 Å². The number of benzene rings is 1. The molecule has 1 aliphatic heterocycles. The molecular formula is C20H19BrN2O5S3. The molecule has 7 nitrogen and oxygen atoms in total. The summed E-state index contributed by atoms with van der Waals surface area (Å²) in [6.07, 6.45) is 1.96. The van der Waals surface area contributed by atoms with Gasteiger partial charge in [-0.15, -0.1) is 11.3 Å². The third-order valence-corrected chi connectivity index (χ3v) is 8.70. The largest absolute Gasteiger partial charge is 0.428 e. The fourth-order valence-corrected chi connectivity index (χ4v) is 6.27. The summed E-state index contributed by atoms with van der Waals surface area (Å²) < 4.78 is 38.5. The number of amides is 1. The fourth-order valence-electron chi connectivity index (χ4n) is 3.00. The Kier molecular flexibility index (Phi) is 7.17. The van der Waals surface area contributed by atoms with Crippen molar-refractivity contribution in [3.8, 4) is 10.8 Å². The van der Waals surface area contributed by atoms with Gasteiger partial charge >= 0.3 is 0 Å². The van der Waals surface area contributed by atoms with Crippen molar-refractivity contribution in [3.05, 3.63) is 46.3 Å². The van der Waals surface area contributed by atoms with E-state index in [1.54, 1.807) is 18.2 Å². The number of oxazole rings is 1. The van der Waals surface area contributed by atoms with Crippen LogP contribution >= 0.6 is 39.0 Å². The van der Waals surface area contributed by atoms with Gasteiger partial charge in [0.05, 0.1) is 21.6 Å². The number of rotatable bonds is 8. The Morgan fingerprint density at radius 1 is 1.29 bits per heavy atom. The lowest BCUT2D eigenvalue weighted by atomic mass is 10.2. The third-order valence-electron chi connectivity index (χ3n) is 4.56. The predicted octanol–water partition coefficient (Wildman–Crippen LogP) is 4.39. The molecule has 1 atom stereocenters. The van der Waals surface area contributed by atoms with E-state index >= 15 is 0 Å². The van der Waals surface area contributed by atoms with E-state index in [-0.39, 0.29) is 38.7 Å². The van der Waals surface area contributed by atoms with E-state index in [9.17, 15) is 13.2 Å². The fraction of sp³-hybridized carbons (Fsp3) is 0.300. The minimum absolute atomic E-state index is 0.00858. The lowest BCUT2D eigenvalue weighted by molar-refractivity contribution is -0.119. The van der Waals surface area contributed by atoms with Crippen molar-refractivity contribution in [3.63, 3.8) is 0 Å². The van der Waals surface area contributed by atoms with Crippen LogP contribution in [0.2, 0.25) is 0 Å². The minimum atomic E-state index is -3.92. The second-order valence-electron chi connectivity index (χ2n) is 6.77. The monoisotopic (exact) mass is 542 g/mol. The normalized spacial score (nSPS) is 16.5. The highest BCUT2D eigenvalue weighted by molar-refractivity contribution is 9.10. The Labute approximate surface area is 196 Å². The standard InChI is InChI=1S/C20H19BrN2O5S3/c21-13-5-7-15(8-6-13)31(25,26)19-20(28-18(23-19)16-4-2-10-29-16)30-12-17(24)22-11-14-3-1-9-27-14/h2,4-8,10,14H,1,3,9,11-12H2,(H,22,24). The first kappa shape index (κ1) is 22.5. The van der Waals surface area contributed by atoms with Gasteiger partial charge in [-0.1, -0.05) is 33.8 Å². The quantitative estimate of drug-likeness (QED) is 0.421.